The number of halogens is 2. The lowest BCUT2D eigenvalue weighted by Gasteiger charge is -2.05. The first-order chi connectivity index (χ1) is 7.77. The molecule has 0 nitrogen and oxygen atoms in total. The topological polar surface area (TPSA) is 0 Å². The molecule has 0 spiro atoms. The largest absolute Gasteiger partial charge is 0.120 e. The van der Waals surface area contributed by atoms with Gasteiger partial charge in [0.25, 0.3) is 0 Å². The molecule has 0 aromatic heterocycles. The number of benzene rings is 2. The van der Waals surface area contributed by atoms with Gasteiger partial charge >= 0.3 is 0 Å². The molecule has 82 valence electrons. The van der Waals surface area contributed by atoms with Gasteiger partial charge in [0.15, 0.2) is 0 Å². The van der Waals surface area contributed by atoms with E-state index in [1.165, 1.54) is 5.56 Å². The fourth-order valence-electron chi connectivity index (χ4n) is 1.33. The van der Waals surface area contributed by atoms with E-state index in [-0.39, 0.29) is 0 Å². The molecule has 0 aliphatic carbocycles. The predicted octanol–water partition coefficient (Wildman–Crippen LogP) is 5.29. The lowest BCUT2D eigenvalue weighted by atomic mass is 10.2. The van der Waals surface area contributed by atoms with Gasteiger partial charge in [-0.1, -0.05) is 59.6 Å². The average molecular weight is 269 g/mol. The molecule has 0 aliphatic rings. The van der Waals surface area contributed by atoms with Crippen LogP contribution in [-0.4, -0.2) is 0 Å². The van der Waals surface area contributed by atoms with Crippen LogP contribution in [0.25, 0.3) is 0 Å². The first-order valence-corrected chi connectivity index (χ1v) is 6.62. The lowest BCUT2D eigenvalue weighted by molar-refractivity contribution is 1.38. The van der Waals surface area contributed by atoms with Gasteiger partial charge in [-0.3, -0.25) is 0 Å². The molecular weight excluding hydrogens is 259 g/mol. The number of thioether (sulfide) groups is 1. The monoisotopic (exact) mass is 268 g/mol. The molecule has 16 heavy (non-hydrogen) atoms. The lowest BCUT2D eigenvalue weighted by Crippen LogP contribution is -1.80. The Morgan fingerprint density at radius 2 is 1.62 bits per heavy atom. The smallest absolute Gasteiger partial charge is 0.0728 e. The van der Waals surface area contributed by atoms with Crippen molar-refractivity contribution in [3.63, 3.8) is 0 Å². The maximum Gasteiger partial charge on any atom is 0.0728 e. The molecule has 0 fully saturated rings. The highest BCUT2D eigenvalue weighted by Gasteiger charge is 2.04. The van der Waals surface area contributed by atoms with E-state index in [2.05, 4.69) is 12.1 Å². The van der Waals surface area contributed by atoms with Crippen molar-refractivity contribution < 1.29 is 0 Å². The normalized spacial score (nSPS) is 10.4. The summed E-state index contributed by atoms with van der Waals surface area (Å²) in [6.45, 7) is 0. The molecule has 0 atom stereocenters. The molecule has 0 amide bonds. The Morgan fingerprint density at radius 1 is 0.875 bits per heavy atom. The minimum atomic E-state index is 0.611. The Balaban J connectivity index is 2.08. The second-order valence-corrected chi connectivity index (χ2v) is 5.13. The van der Waals surface area contributed by atoms with Crippen LogP contribution in [0, 0.1) is 0 Å². The van der Waals surface area contributed by atoms with Gasteiger partial charge in [-0.15, -0.1) is 11.8 Å². The van der Waals surface area contributed by atoms with Gasteiger partial charge in [0.2, 0.25) is 0 Å². The Labute approximate surface area is 110 Å². The van der Waals surface area contributed by atoms with Gasteiger partial charge < -0.3 is 0 Å². The number of rotatable bonds is 3. The molecule has 0 N–H and O–H groups in total. The minimum Gasteiger partial charge on any atom is -0.120 e. The van der Waals surface area contributed by atoms with Gasteiger partial charge in [-0.05, 0) is 17.7 Å². The molecule has 2 aromatic rings. The van der Waals surface area contributed by atoms with Gasteiger partial charge in [0, 0.05) is 10.6 Å². The summed E-state index contributed by atoms with van der Waals surface area (Å²) in [5.41, 5.74) is 1.28. The van der Waals surface area contributed by atoms with Crippen molar-refractivity contribution in [2.45, 2.75) is 10.6 Å². The molecule has 0 saturated carbocycles. The Bertz CT molecular complexity index is 469. The van der Waals surface area contributed by atoms with Crippen molar-refractivity contribution in [2.75, 3.05) is 0 Å². The predicted molar refractivity (Wildman–Crippen MR) is 72.5 cm³/mol. The Kier molecular flexibility index (Phi) is 4.16. The molecule has 0 saturated heterocycles. The van der Waals surface area contributed by atoms with Crippen LogP contribution in [-0.2, 0) is 5.75 Å². The highest BCUT2D eigenvalue weighted by atomic mass is 35.5. The van der Waals surface area contributed by atoms with Crippen molar-refractivity contribution >= 4 is 35.0 Å². The maximum atomic E-state index is 6.11. The number of hydrogen-bond donors (Lipinski definition) is 0. The van der Waals surface area contributed by atoms with Gasteiger partial charge in [-0.25, -0.2) is 0 Å². The van der Waals surface area contributed by atoms with Crippen molar-refractivity contribution in [3.05, 3.63) is 64.1 Å². The molecule has 3 heteroatoms. The molecular formula is C13H10Cl2S. The van der Waals surface area contributed by atoms with Gasteiger partial charge in [0.1, 0.15) is 0 Å². The van der Waals surface area contributed by atoms with E-state index in [0.29, 0.717) is 10.0 Å². The SMILES string of the molecule is Clc1cccc(SCc2ccccc2)c1Cl. The van der Waals surface area contributed by atoms with E-state index in [1.54, 1.807) is 17.8 Å². The van der Waals surface area contributed by atoms with Crippen LogP contribution in [0.15, 0.2) is 53.4 Å². The minimum absolute atomic E-state index is 0.611. The zero-order valence-corrected chi connectivity index (χ0v) is 10.8. The average Bonchev–Trinajstić information content (AvgIpc) is 2.32. The third-order valence-corrected chi connectivity index (χ3v) is 4.21. The first kappa shape index (κ1) is 11.8. The van der Waals surface area contributed by atoms with Gasteiger partial charge in [0.05, 0.1) is 10.0 Å². The summed E-state index contributed by atoms with van der Waals surface area (Å²) in [6.07, 6.45) is 0. The van der Waals surface area contributed by atoms with Crippen molar-refractivity contribution in [1.82, 2.24) is 0 Å². The summed E-state index contributed by atoms with van der Waals surface area (Å²) in [5, 5.41) is 1.25. The van der Waals surface area contributed by atoms with E-state index in [9.17, 15) is 0 Å². The van der Waals surface area contributed by atoms with Crippen LogP contribution < -0.4 is 0 Å². The van der Waals surface area contributed by atoms with Crippen LogP contribution in [0.5, 0.6) is 0 Å². The van der Waals surface area contributed by atoms with Gasteiger partial charge in [-0.2, -0.15) is 0 Å². The van der Waals surface area contributed by atoms with Crippen LogP contribution >= 0.6 is 35.0 Å². The highest BCUT2D eigenvalue weighted by Crippen LogP contribution is 2.34. The standard InChI is InChI=1S/C13H10Cl2S/c14-11-7-4-8-12(13(11)15)16-9-10-5-2-1-3-6-10/h1-8H,9H2. The zero-order valence-electron chi connectivity index (χ0n) is 8.49. The summed E-state index contributed by atoms with van der Waals surface area (Å²) in [6, 6.07) is 16.0. The maximum absolute atomic E-state index is 6.11. The molecule has 0 heterocycles. The van der Waals surface area contributed by atoms with E-state index in [0.717, 1.165) is 10.6 Å². The summed E-state index contributed by atoms with van der Waals surface area (Å²) in [5.74, 6) is 0.904. The molecule has 0 unspecified atom stereocenters. The van der Waals surface area contributed by atoms with Crippen molar-refractivity contribution in [1.29, 1.82) is 0 Å². The first-order valence-electron chi connectivity index (χ1n) is 4.88. The van der Waals surface area contributed by atoms with Crippen molar-refractivity contribution in [2.24, 2.45) is 0 Å². The van der Waals surface area contributed by atoms with E-state index in [4.69, 9.17) is 23.2 Å². The second kappa shape index (κ2) is 5.62. The van der Waals surface area contributed by atoms with Crippen LogP contribution in [0.1, 0.15) is 5.56 Å². The number of hydrogen-bond acceptors (Lipinski definition) is 1. The van der Waals surface area contributed by atoms with Crippen LogP contribution in [0.4, 0.5) is 0 Å². The molecule has 0 radical (unpaired) electrons. The molecule has 2 rings (SSSR count). The summed E-state index contributed by atoms with van der Waals surface area (Å²) in [7, 11) is 0. The van der Waals surface area contributed by atoms with E-state index >= 15 is 0 Å². The third kappa shape index (κ3) is 2.94. The Morgan fingerprint density at radius 3 is 2.38 bits per heavy atom. The summed E-state index contributed by atoms with van der Waals surface area (Å²) in [4.78, 5) is 1.03. The van der Waals surface area contributed by atoms with E-state index in [1.807, 2.05) is 30.3 Å². The van der Waals surface area contributed by atoms with E-state index < -0.39 is 0 Å². The third-order valence-electron chi connectivity index (χ3n) is 2.15. The molecule has 0 bridgehead atoms. The molecule has 2 aromatic carbocycles. The fourth-order valence-corrected chi connectivity index (χ4v) is 2.78. The van der Waals surface area contributed by atoms with Crippen molar-refractivity contribution in [3.8, 4) is 0 Å². The second-order valence-electron chi connectivity index (χ2n) is 3.33. The summed E-state index contributed by atoms with van der Waals surface area (Å²) < 4.78 is 0. The van der Waals surface area contributed by atoms with Crippen LogP contribution in [0.2, 0.25) is 10.0 Å². The van der Waals surface area contributed by atoms with Crippen LogP contribution in [0.3, 0.4) is 0 Å². The molecule has 0 aliphatic heterocycles. The fraction of sp³-hybridized carbons (Fsp3) is 0.0769. The highest BCUT2D eigenvalue weighted by molar-refractivity contribution is 7.98. The summed E-state index contributed by atoms with van der Waals surface area (Å²) >= 11 is 13.8. The quantitative estimate of drug-likeness (QED) is 0.682. The zero-order chi connectivity index (χ0) is 11.4. The Hall–Kier alpha value is -0.630.